The van der Waals surface area contributed by atoms with Gasteiger partial charge in [-0.3, -0.25) is 4.79 Å². The minimum Gasteiger partial charge on any atom is -0.543 e. The SMILES string of the molecule is CC(=O)OC(=Cc1cc(O[Si](C)(C)C(C)(C)C)ccc1OCc1ccccc1)C(=O)O. The van der Waals surface area contributed by atoms with Crippen molar-refractivity contribution in [3.8, 4) is 11.5 Å². The van der Waals surface area contributed by atoms with Gasteiger partial charge in [-0.05, 0) is 48.0 Å². The predicted molar refractivity (Wildman–Crippen MR) is 122 cm³/mol. The molecule has 0 aliphatic heterocycles. The van der Waals surface area contributed by atoms with Crippen LogP contribution in [0.5, 0.6) is 11.5 Å². The average Bonchev–Trinajstić information content (AvgIpc) is 2.66. The monoisotopic (exact) mass is 442 g/mol. The summed E-state index contributed by atoms with van der Waals surface area (Å²) in [5, 5.41) is 9.43. The zero-order valence-electron chi connectivity index (χ0n) is 18.9. The third kappa shape index (κ3) is 6.99. The maximum atomic E-state index is 11.6. The highest BCUT2D eigenvalue weighted by Gasteiger charge is 2.39. The molecular formula is C24H30O6Si. The second kappa shape index (κ2) is 9.83. The number of carboxylic acids is 1. The topological polar surface area (TPSA) is 82.1 Å². The predicted octanol–water partition coefficient (Wildman–Crippen LogP) is 5.64. The zero-order valence-corrected chi connectivity index (χ0v) is 19.9. The van der Waals surface area contributed by atoms with Crippen molar-refractivity contribution in [1.82, 2.24) is 0 Å². The highest BCUT2D eigenvalue weighted by Crippen LogP contribution is 2.38. The average molecular weight is 443 g/mol. The lowest BCUT2D eigenvalue weighted by atomic mass is 10.1. The molecule has 0 aromatic heterocycles. The van der Waals surface area contributed by atoms with Crippen LogP contribution in [0.4, 0.5) is 0 Å². The van der Waals surface area contributed by atoms with E-state index < -0.39 is 26.0 Å². The van der Waals surface area contributed by atoms with Crippen LogP contribution in [0.3, 0.4) is 0 Å². The third-order valence-corrected chi connectivity index (χ3v) is 9.51. The first kappa shape index (κ1) is 24.2. The number of benzene rings is 2. The Kier molecular flexibility index (Phi) is 7.68. The summed E-state index contributed by atoms with van der Waals surface area (Å²) in [5.74, 6) is -1.48. The quantitative estimate of drug-likeness (QED) is 0.247. The van der Waals surface area contributed by atoms with Crippen molar-refractivity contribution in [1.29, 1.82) is 0 Å². The van der Waals surface area contributed by atoms with E-state index in [-0.39, 0.29) is 5.04 Å². The Bertz CT molecular complexity index is 958. The molecule has 0 saturated heterocycles. The van der Waals surface area contributed by atoms with E-state index in [0.29, 0.717) is 23.7 Å². The van der Waals surface area contributed by atoms with E-state index in [1.807, 2.05) is 36.4 Å². The minimum atomic E-state index is -2.11. The van der Waals surface area contributed by atoms with Crippen LogP contribution >= 0.6 is 0 Å². The number of hydrogen-bond donors (Lipinski definition) is 1. The molecule has 2 aromatic rings. The lowest BCUT2D eigenvalue weighted by Gasteiger charge is -2.36. The molecule has 0 aliphatic rings. The van der Waals surface area contributed by atoms with E-state index >= 15 is 0 Å². The van der Waals surface area contributed by atoms with Gasteiger partial charge in [0.2, 0.25) is 14.1 Å². The van der Waals surface area contributed by atoms with Gasteiger partial charge >= 0.3 is 11.9 Å². The van der Waals surface area contributed by atoms with E-state index in [1.54, 1.807) is 12.1 Å². The van der Waals surface area contributed by atoms with E-state index in [2.05, 4.69) is 33.9 Å². The molecule has 1 N–H and O–H groups in total. The van der Waals surface area contributed by atoms with Crippen molar-refractivity contribution < 1.29 is 28.6 Å². The van der Waals surface area contributed by atoms with Gasteiger partial charge in [0.25, 0.3) is 0 Å². The molecule has 0 bridgehead atoms. The Labute approximate surface area is 184 Å². The molecule has 0 heterocycles. The molecule has 0 atom stereocenters. The molecule has 166 valence electrons. The van der Waals surface area contributed by atoms with Gasteiger partial charge in [-0.2, -0.15) is 0 Å². The van der Waals surface area contributed by atoms with Crippen LogP contribution in [0, 0.1) is 0 Å². The Balaban J connectivity index is 2.44. The second-order valence-electron chi connectivity index (χ2n) is 8.74. The van der Waals surface area contributed by atoms with Crippen LogP contribution in [-0.4, -0.2) is 25.4 Å². The molecule has 0 aliphatic carbocycles. The number of aliphatic carboxylic acids is 1. The fourth-order valence-electron chi connectivity index (χ4n) is 2.45. The van der Waals surface area contributed by atoms with Gasteiger partial charge in [0.15, 0.2) is 0 Å². The number of carbonyl (C=O) groups is 2. The summed E-state index contributed by atoms with van der Waals surface area (Å²) in [4.78, 5) is 22.9. The summed E-state index contributed by atoms with van der Waals surface area (Å²) in [5.41, 5.74) is 1.42. The smallest absolute Gasteiger partial charge is 0.371 e. The standard InChI is InChI=1S/C24H30O6Si/c1-17(25)29-22(23(26)27)15-19-14-20(30-31(5,6)24(2,3)4)12-13-21(19)28-16-18-10-8-7-9-11-18/h7-15H,16H2,1-6H3,(H,26,27). The van der Waals surface area contributed by atoms with Crippen LogP contribution in [0.2, 0.25) is 18.1 Å². The van der Waals surface area contributed by atoms with Crippen LogP contribution in [0.1, 0.15) is 38.8 Å². The molecule has 31 heavy (non-hydrogen) atoms. The first-order valence-corrected chi connectivity index (χ1v) is 12.9. The second-order valence-corrected chi connectivity index (χ2v) is 13.5. The largest absolute Gasteiger partial charge is 0.543 e. The normalized spacial score (nSPS) is 12.3. The Hall–Kier alpha value is -3.06. The molecule has 0 fully saturated rings. The highest BCUT2D eigenvalue weighted by molar-refractivity contribution is 6.74. The third-order valence-electron chi connectivity index (χ3n) is 5.15. The van der Waals surface area contributed by atoms with Crippen LogP contribution < -0.4 is 9.16 Å². The molecule has 2 aromatic carbocycles. The molecule has 6 nitrogen and oxygen atoms in total. The molecule has 0 unspecified atom stereocenters. The molecule has 0 spiro atoms. The summed E-state index contributed by atoms with van der Waals surface area (Å²) in [6.45, 7) is 12.1. The van der Waals surface area contributed by atoms with Gasteiger partial charge < -0.3 is 19.0 Å². The Morgan fingerprint density at radius 2 is 1.71 bits per heavy atom. The van der Waals surface area contributed by atoms with Crippen molar-refractivity contribution in [3.05, 3.63) is 65.4 Å². The fourth-order valence-corrected chi connectivity index (χ4v) is 3.47. The number of ether oxygens (including phenoxy) is 2. The molecular weight excluding hydrogens is 412 g/mol. The Morgan fingerprint density at radius 3 is 2.26 bits per heavy atom. The van der Waals surface area contributed by atoms with Gasteiger partial charge in [-0.25, -0.2) is 4.79 Å². The van der Waals surface area contributed by atoms with Crippen molar-refractivity contribution in [2.75, 3.05) is 0 Å². The van der Waals surface area contributed by atoms with Crippen molar-refractivity contribution in [3.63, 3.8) is 0 Å². The molecule has 7 heteroatoms. The molecule has 0 saturated carbocycles. The van der Waals surface area contributed by atoms with E-state index in [9.17, 15) is 14.7 Å². The van der Waals surface area contributed by atoms with Crippen molar-refractivity contribution in [2.24, 2.45) is 0 Å². The summed E-state index contributed by atoms with van der Waals surface area (Å²) in [7, 11) is -2.11. The molecule has 0 amide bonds. The summed E-state index contributed by atoms with van der Waals surface area (Å²) in [6, 6.07) is 14.9. The van der Waals surface area contributed by atoms with Crippen LogP contribution in [0.15, 0.2) is 54.3 Å². The van der Waals surface area contributed by atoms with Gasteiger partial charge in [-0.15, -0.1) is 0 Å². The number of hydrogen-bond acceptors (Lipinski definition) is 5. The fraction of sp³-hybridized carbons (Fsp3) is 0.333. The maximum Gasteiger partial charge on any atom is 0.371 e. The number of rotatable bonds is 8. The molecule has 2 rings (SSSR count). The van der Waals surface area contributed by atoms with E-state index in [4.69, 9.17) is 13.9 Å². The van der Waals surface area contributed by atoms with Gasteiger partial charge in [-0.1, -0.05) is 51.1 Å². The number of carboxylic acid groups (broad SMARTS) is 1. The first-order valence-electron chi connectivity index (χ1n) is 10.0. The van der Waals surface area contributed by atoms with Crippen molar-refractivity contribution >= 4 is 26.3 Å². The van der Waals surface area contributed by atoms with Crippen LogP contribution in [-0.2, 0) is 20.9 Å². The minimum absolute atomic E-state index is 0.00451. The summed E-state index contributed by atoms with van der Waals surface area (Å²) in [6.07, 6.45) is 1.28. The number of esters is 1. The maximum absolute atomic E-state index is 11.6. The van der Waals surface area contributed by atoms with Gasteiger partial charge in [0.05, 0.1) is 0 Å². The Morgan fingerprint density at radius 1 is 1.06 bits per heavy atom. The highest BCUT2D eigenvalue weighted by atomic mass is 28.4. The van der Waals surface area contributed by atoms with E-state index in [0.717, 1.165) is 12.5 Å². The van der Waals surface area contributed by atoms with Gasteiger partial charge in [0, 0.05) is 12.5 Å². The lowest BCUT2D eigenvalue weighted by Crippen LogP contribution is -2.43. The first-order chi connectivity index (χ1) is 14.4. The summed E-state index contributed by atoms with van der Waals surface area (Å²) < 4.78 is 17.1. The molecule has 0 radical (unpaired) electrons. The van der Waals surface area contributed by atoms with Crippen molar-refractivity contribution in [2.45, 2.75) is 52.4 Å². The lowest BCUT2D eigenvalue weighted by molar-refractivity contribution is -0.146. The number of carbonyl (C=O) groups excluding carboxylic acids is 1. The van der Waals surface area contributed by atoms with Crippen LogP contribution in [0.25, 0.3) is 6.08 Å². The summed E-state index contributed by atoms with van der Waals surface area (Å²) >= 11 is 0. The zero-order chi connectivity index (χ0) is 23.2. The van der Waals surface area contributed by atoms with E-state index in [1.165, 1.54) is 6.08 Å². The van der Waals surface area contributed by atoms with Gasteiger partial charge in [0.1, 0.15) is 18.1 Å².